The lowest BCUT2D eigenvalue weighted by molar-refractivity contribution is -0.124. The number of hydrogen-bond acceptors (Lipinski definition) is 5. The average molecular weight is 239 g/mol. The summed E-state index contributed by atoms with van der Waals surface area (Å²) >= 11 is 0. The number of amides is 1. The fourth-order valence-electron chi connectivity index (χ4n) is 1.62. The van der Waals surface area contributed by atoms with Crippen molar-refractivity contribution >= 4 is 17.4 Å². The Balaban J connectivity index is 2.00. The van der Waals surface area contributed by atoms with Crippen molar-refractivity contribution in [2.75, 3.05) is 31.2 Å². The maximum atomic E-state index is 11.8. The van der Waals surface area contributed by atoms with Gasteiger partial charge in [-0.15, -0.1) is 5.10 Å². The largest absolute Gasteiger partial charge is 0.462 e. The lowest BCUT2D eigenvalue weighted by Gasteiger charge is -2.24. The summed E-state index contributed by atoms with van der Waals surface area (Å²) in [6.07, 6.45) is 0.127. The highest BCUT2D eigenvalue weighted by atomic mass is 16.5. The standard InChI is InChI=1S/C10H17N5O2/c1-3-15(2)5-4-6-9(16)12-7-8(11)13-14-10(7)17-6/h6H,3-5H2,1-2H3,(H,12,16)(H3,11,13,14). The quantitative estimate of drug-likeness (QED) is 0.689. The Morgan fingerprint density at radius 2 is 2.35 bits per heavy atom. The van der Waals surface area contributed by atoms with Crippen molar-refractivity contribution in [3.8, 4) is 5.88 Å². The number of nitrogen functional groups attached to an aromatic ring is 1. The van der Waals surface area contributed by atoms with E-state index in [0.717, 1.165) is 13.1 Å². The number of carbonyl (C=O) groups is 1. The fourth-order valence-corrected chi connectivity index (χ4v) is 1.62. The monoisotopic (exact) mass is 239 g/mol. The summed E-state index contributed by atoms with van der Waals surface area (Å²) in [5.41, 5.74) is 6.03. The van der Waals surface area contributed by atoms with Crippen LogP contribution in [0.25, 0.3) is 0 Å². The van der Waals surface area contributed by atoms with E-state index in [9.17, 15) is 4.79 Å². The van der Waals surface area contributed by atoms with E-state index in [2.05, 4.69) is 27.3 Å². The molecular weight excluding hydrogens is 222 g/mol. The highest BCUT2D eigenvalue weighted by Crippen LogP contribution is 2.32. The van der Waals surface area contributed by atoms with Gasteiger partial charge in [0.2, 0.25) is 0 Å². The van der Waals surface area contributed by atoms with E-state index in [0.29, 0.717) is 23.8 Å². The summed E-state index contributed by atoms with van der Waals surface area (Å²) < 4.78 is 5.50. The predicted octanol–water partition coefficient (Wildman–Crippen LogP) is 0.0332. The number of aromatic amines is 1. The van der Waals surface area contributed by atoms with Crippen LogP contribution in [0.3, 0.4) is 0 Å². The van der Waals surface area contributed by atoms with E-state index in [4.69, 9.17) is 10.5 Å². The van der Waals surface area contributed by atoms with Gasteiger partial charge in [0, 0.05) is 13.0 Å². The molecule has 1 aliphatic heterocycles. The number of nitrogens with one attached hydrogen (secondary N) is 2. The molecule has 17 heavy (non-hydrogen) atoms. The number of aromatic nitrogens is 2. The third-order valence-electron chi connectivity index (χ3n) is 2.87. The Labute approximate surface area is 99.3 Å². The molecule has 0 radical (unpaired) electrons. The van der Waals surface area contributed by atoms with Gasteiger partial charge in [-0.1, -0.05) is 6.92 Å². The van der Waals surface area contributed by atoms with Gasteiger partial charge in [0.25, 0.3) is 11.8 Å². The van der Waals surface area contributed by atoms with Crippen LogP contribution in [0, 0.1) is 0 Å². The Morgan fingerprint density at radius 1 is 1.59 bits per heavy atom. The first kappa shape index (κ1) is 11.7. The summed E-state index contributed by atoms with van der Waals surface area (Å²) in [7, 11) is 2.00. The number of ether oxygens (including phenoxy) is 1. The third kappa shape index (κ3) is 2.33. The Bertz CT molecular complexity index is 417. The maximum Gasteiger partial charge on any atom is 0.265 e. The molecule has 94 valence electrons. The zero-order valence-electron chi connectivity index (χ0n) is 9.99. The van der Waals surface area contributed by atoms with E-state index in [1.165, 1.54) is 0 Å². The molecule has 1 aromatic rings. The van der Waals surface area contributed by atoms with Gasteiger partial charge in [-0.25, -0.2) is 0 Å². The molecule has 0 fully saturated rings. The molecule has 7 nitrogen and oxygen atoms in total. The number of carbonyl (C=O) groups excluding carboxylic acids is 1. The molecule has 1 amide bonds. The minimum Gasteiger partial charge on any atom is -0.462 e. The number of H-pyrrole nitrogens is 1. The minimum atomic E-state index is -0.501. The van der Waals surface area contributed by atoms with Crippen LogP contribution in [0.4, 0.5) is 11.5 Å². The van der Waals surface area contributed by atoms with Crippen LogP contribution >= 0.6 is 0 Å². The first-order chi connectivity index (χ1) is 8.11. The summed E-state index contributed by atoms with van der Waals surface area (Å²) in [6, 6.07) is 0. The number of fused-ring (bicyclic) bond motifs is 1. The number of nitrogens with zero attached hydrogens (tertiary/aromatic N) is 2. The number of rotatable bonds is 4. The summed E-state index contributed by atoms with van der Waals surface area (Å²) in [4.78, 5) is 13.9. The van der Waals surface area contributed by atoms with E-state index in [-0.39, 0.29) is 5.91 Å². The van der Waals surface area contributed by atoms with Crippen LogP contribution in [0.15, 0.2) is 0 Å². The molecule has 2 heterocycles. The van der Waals surface area contributed by atoms with E-state index >= 15 is 0 Å². The molecule has 1 aliphatic rings. The second-order valence-corrected chi connectivity index (χ2v) is 4.10. The molecule has 0 spiro atoms. The zero-order chi connectivity index (χ0) is 12.4. The summed E-state index contributed by atoms with van der Waals surface area (Å²) in [5.74, 6) is 0.513. The zero-order valence-corrected chi connectivity index (χ0v) is 9.99. The van der Waals surface area contributed by atoms with Gasteiger partial charge in [-0.2, -0.15) is 0 Å². The van der Waals surface area contributed by atoms with Crippen LogP contribution in [-0.4, -0.2) is 47.2 Å². The highest BCUT2D eigenvalue weighted by molar-refractivity contribution is 5.99. The van der Waals surface area contributed by atoms with Crippen LogP contribution in [0.5, 0.6) is 5.88 Å². The van der Waals surface area contributed by atoms with Gasteiger partial charge in [0.15, 0.2) is 6.10 Å². The van der Waals surface area contributed by atoms with Crippen LogP contribution in [-0.2, 0) is 4.79 Å². The molecule has 4 N–H and O–H groups in total. The number of nitrogens with two attached hydrogens (primary N) is 1. The van der Waals surface area contributed by atoms with Crippen molar-refractivity contribution < 1.29 is 9.53 Å². The van der Waals surface area contributed by atoms with Crippen molar-refractivity contribution in [2.45, 2.75) is 19.4 Å². The van der Waals surface area contributed by atoms with E-state index in [1.807, 2.05) is 7.05 Å². The summed E-state index contributed by atoms with van der Waals surface area (Å²) in [5, 5.41) is 9.16. The van der Waals surface area contributed by atoms with Gasteiger partial charge < -0.3 is 20.7 Å². The molecule has 0 aromatic carbocycles. The van der Waals surface area contributed by atoms with Crippen molar-refractivity contribution in [2.24, 2.45) is 0 Å². The number of hydrogen-bond donors (Lipinski definition) is 3. The molecule has 0 bridgehead atoms. The normalized spacial score (nSPS) is 18.8. The lowest BCUT2D eigenvalue weighted by atomic mass is 10.2. The van der Waals surface area contributed by atoms with Crippen LogP contribution < -0.4 is 15.8 Å². The van der Waals surface area contributed by atoms with Crippen molar-refractivity contribution in [1.82, 2.24) is 15.1 Å². The molecular formula is C10H17N5O2. The molecule has 1 unspecified atom stereocenters. The van der Waals surface area contributed by atoms with Gasteiger partial charge in [-0.3, -0.25) is 9.89 Å². The average Bonchev–Trinajstić information content (AvgIpc) is 2.67. The molecule has 0 saturated carbocycles. The van der Waals surface area contributed by atoms with Crippen molar-refractivity contribution in [1.29, 1.82) is 0 Å². The molecule has 0 aliphatic carbocycles. The predicted molar refractivity (Wildman–Crippen MR) is 63.8 cm³/mol. The van der Waals surface area contributed by atoms with Crippen molar-refractivity contribution in [3.05, 3.63) is 0 Å². The smallest absolute Gasteiger partial charge is 0.265 e. The van der Waals surface area contributed by atoms with Crippen LogP contribution in [0.1, 0.15) is 13.3 Å². The Kier molecular flexibility index (Phi) is 3.19. The SMILES string of the molecule is CCN(C)CCC1Oc2n[nH]c(N)c2NC1=O. The minimum absolute atomic E-state index is 0.171. The van der Waals surface area contributed by atoms with Gasteiger partial charge >= 0.3 is 0 Å². The molecule has 1 aromatic heterocycles. The maximum absolute atomic E-state index is 11.8. The first-order valence-corrected chi connectivity index (χ1v) is 5.61. The third-order valence-corrected chi connectivity index (χ3v) is 2.87. The Morgan fingerprint density at radius 3 is 3.06 bits per heavy atom. The fraction of sp³-hybridized carbons (Fsp3) is 0.600. The Hall–Kier alpha value is -1.76. The van der Waals surface area contributed by atoms with E-state index < -0.39 is 6.10 Å². The topological polar surface area (TPSA) is 96.3 Å². The van der Waals surface area contributed by atoms with Gasteiger partial charge in [-0.05, 0) is 13.6 Å². The van der Waals surface area contributed by atoms with E-state index in [1.54, 1.807) is 0 Å². The molecule has 0 saturated heterocycles. The molecule has 7 heteroatoms. The second-order valence-electron chi connectivity index (χ2n) is 4.10. The van der Waals surface area contributed by atoms with Gasteiger partial charge in [0.05, 0.1) is 0 Å². The van der Waals surface area contributed by atoms with Crippen molar-refractivity contribution in [3.63, 3.8) is 0 Å². The highest BCUT2D eigenvalue weighted by Gasteiger charge is 2.30. The summed E-state index contributed by atoms with van der Waals surface area (Å²) in [6.45, 7) is 3.80. The first-order valence-electron chi connectivity index (χ1n) is 5.61. The number of anilines is 2. The van der Waals surface area contributed by atoms with Gasteiger partial charge in [0.1, 0.15) is 11.5 Å². The molecule has 1 atom stereocenters. The molecule has 2 rings (SSSR count). The second kappa shape index (κ2) is 4.62. The van der Waals surface area contributed by atoms with Crippen LogP contribution in [0.2, 0.25) is 0 Å². The lowest BCUT2D eigenvalue weighted by Crippen LogP contribution is -2.39.